The van der Waals surface area contributed by atoms with Gasteiger partial charge in [-0.1, -0.05) is 38.1 Å². The number of hydrogen-bond acceptors (Lipinski definition) is 3. The molecule has 4 heteroatoms. The topological polar surface area (TPSA) is 41.6 Å². The van der Waals surface area contributed by atoms with Gasteiger partial charge in [0.15, 0.2) is 0 Å². The van der Waals surface area contributed by atoms with E-state index >= 15 is 0 Å². The SMILES string of the molecule is CCOC(=O)N1CCC(NCc2cccc(C(C)C)c2)CC1. The van der Waals surface area contributed by atoms with E-state index in [9.17, 15) is 4.79 Å². The number of carbonyl (C=O) groups is 1. The van der Waals surface area contributed by atoms with Crippen molar-refractivity contribution in [2.24, 2.45) is 0 Å². The zero-order valence-corrected chi connectivity index (χ0v) is 14.0. The van der Waals surface area contributed by atoms with Gasteiger partial charge in [-0.05, 0) is 36.8 Å². The predicted octanol–water partition coefficient (Wildman–Crippen LogP) is 3.52. The van der Waals surface area contributed by atoms with E-state index < -0.39 is 0 Å². The van der Waals surface area contributed by atoms with Gasteiger partial charge in [-0.25, -0.2) is 4.79 Å². The molecule has 0 radical (unpaired) electrons. The molecule has 22 heavy (non-hydrogen) atoms. The molecule has 0 unspecified atom stereocenters. The largest absolute Gasteiger partial charge is 0.450 e. The minimum absolute atomic E-state index is 0.175. The number of nitrogens with zero attached hydrogens (tertiary/aromatic N) is 1. The van der Waals surface area contributed by atoms with Crippen molar-refractivity contribution in [3.05, 3.63) is 35.4 Å². The standard InChI is InChI=1S/C18H28N2O2/c1-4-22-18(21)20-10-8-17(9-11-20)19-13-15-6-5-7-16(12-15)14(2)3/h5-7,12,14,17,19H,4,8-11,13H2,1-3H3. The van der Waals surface area contributed by atoms with Crippen LogP contribution >= 0.6 is 0 Å². The Balaban J connectivity index is 1.77. The lowest BCUT2D eigenvalue weighted by atomic mass is 10.0. The lowest BCUT2D eigenvalue weighted by Crippen LogP contribution is -2.44. The van der Waals surface area contributed by atoms with E-state index in [1.165, 1.54) is 11.1 Å². The summed E-state index contributed by atoms with van der Waals surface area (Å²) >= 11 is 0. The van der Waals surface area contributed by atoms with E-state index in [1.54, 1.807) is 4.90 Å². The van der Waals surface area contributed by atoms with Crippen molar-refractivity contribution in [2.75, 3.05) is 19.7 Å². The molecular formula is C18H28N2O2. The van der Waals surface area contributed by atoms with Gasteiger partial charge in [-0.2, -0.15) is 0 Å². The average Bonchev–Trinajstić information content (AvgIpc) is 2.54. The molecule has 1 aliphatic rings. The number of rotatable bonds is 5. The van der Waals surface area contributed by atoms with Crippen LogP contribution in [-0.4, -0.2) is 36.7 Å². The van der Waals surface area contributed by atoms with Crippen LogP contribution in [0.25, 0.3) is 0 Å². The highest BCUT2D eigenvalue weighted by molar-refractivity contribution is 5.67. The summed E-state index contributed by atoms with van der Waals surface area (Å²) in [6.07, 6.45) is 1.80. The van der Waals surface area contributed by atoms with E-state index in [-0.39, 0.29) is 6.09 Å². The number of amides is 1. The van der Waals surface area contributed by atoms with Crippen molar-refractivity contribution < 1.29 is 9.53 Å². The number of likely N-dealkylation sites (tertiary alicyclic amines) is 1. The highest BCUT2D eigenvalue weighted by atomic mass is 16.6. The number of ether oxygens (including phenoxy) is 1. The quantitative estimate of drug-likeness (QED) is 0.905. The second kappa shape index (κ2) is 8.18. The summed E-state index contributed by atoms with van der Waals surface area (Å²) in [6.45, 7) is 9.19. The van der Waals surface area contributed by atoms with E-state index in [1.807, 2.05) is 6.92 Å². The minimum atomic E-state index is -0.175. The number of benzene rings is 1. The average molecular weight is 304 g/mol. The Morgan fingerprint density at radius 2 is 2.09 bits per heavy atom. The summed E-state index contributed by atoms with van der Waals surface area (Å²) in [6, 6.07) is 9.26. The van der Waals surface area contributed by atoms with Crippen LogP contribution in [0, 0.1) is 0 Å². The molecule has 4 nitrogen and oxygen atoms in total. The molecule has 0 atom stereocenters. The maximum Gasteiger partial charge on any atom is 0.409 e. The molecule has 1 heterocycles. The number of hydrogen-bond donors (Lipinski definition) is 1. The van der Waals surface area contributed by atoms with Gasteiger partial charge in [-0.15, -0.1) is 0 Å². The maximum atomic E-state index is 11.7. The third-order valence-corrected chi connectivity index (χ3v) is 4.23. The van der Waals surface area contributed by atoms with Gasteiger partial charge < -0.3 is 15.0 Å². The molecule has 0 aliphatic carbocycles. The first kappa shape index (κ1) is 16.8. The number of nitrogens with one attached hydrogen (secondary N) is 1. The Hall–Kier alpha value is -1.55. The van der Waals surface area contributed by atoms with Crippen LogP contribution in [0.5, 0.6) is 0 Å². The van der Waals surface area contributed by atoms with Gasteiger partial charge in [0.2, 0.25) is 0 Å². The fourth-order valence-electron chi connectivity index (χ4n) is 2.81. The second-order valence-corrected chi connectivity index (χ2v) is 6.24. The van der Waals surface area contributed by atoms with E-state index in [2.05, 4.69) is 43.4 Å². The van der Waals surface area contributed by atoms with Gasteiger partial charge in [0.1, 0.15) is 0 Å². The Labute approximate surface area is 133 Å². The van der Waals surface area contributed by atoms with E-state index in [0.717, 1.165) is 32.5 Å². The van der Waals surface area contributed by atoms with Crippen molar-refractivity contribution in [1.29, 1.82) is 0 Å². The molecule has 0 bridgehead atoms. The summed E-state index contributed by atoms with van der Waals surface area (Å²) < 4.78 is 5.05. The first-order valence-corrected chi connectivity index (χ1v) is 8.34. The van der Waals surface area contributed by atoms with Gasteiger partial charge >= 0.3 is 6.09 Å². The van der Waals surface area contributed by atoms with Crippen LogP contribution in [0.4, 0.5) is 4.79 Å². The van der Waals surface area contributed by atoms with Crippen molar-refractivity contribution >= 4 is 6.09 Å². The first-order chi connectivity index (χ1) is 10.6. The van der Waals surface area contributed by atoms with Crippen molar-refractivity contribution in [3.63, 3.8) is 0 Å². The molecule has 1 aliphatic heterocycles. The zero-order chi connectivity index (χ0) is 15.9. The van der Waals surface area contributed by atoms with Gasteiger partial charge in [0.05, 0.1) is 6.61 Å². The molecule has 1 N–H and O–H groups in total. The van der Waals surface area contributed by atoms with Crippen molar-refractivity contribution in [1.82, 2.24) is 10.2 Å². The number of carbonyl (C=O) groups excluding carboxylic acids is 1. The molecule has 1 amide bonds. The monoisotopic (exact) mass is 304 g/mol. The first-order valence-electron chi connectivity index (χ1n) is 8.34. The highest BCUT2D eigenvalue weighted by Crippen LogP contribution is 2.16. The van der Waals surface area contributed by atoms with Crippen LogP contribution in [0.1, 0.15) is 50.7 Å². The molecule has 1 saturated heterocycles. The van der Waals surface area contributed by atoms with Crippen LogP contribution < -0.4 is 5.32 Å². The fraction of sp³-hybridized carbons (Fsp3) is 0.611. The maximum absolute atomic E-state index is 11.7. The predicted molar refractivity (Wildman–Crippen MR) is 89.0 cm³/mol. The van der Waals surface area contributed by atoms with Crippen LogP contribution in [0.15, 0.2) is 24.3 Å². The highest BCUT2D eigenvalue weighted by Gasteiger charge is 2.23. The Morgan fingerprint density at radius 3 is 2.73 bits per heavy atom. The lowest BCUT2D eigenvalue weighted by Gasteiger charge is -2.31. The van der Waals surface area contributed by atoms with Gasteiger partial charge in [-0.3, -0.25) is 0 Å². The molecule has 2 rings (SSSR count). The smallest absolute Gasteiger partial charge is 0.409 e. The van der Waals surface area contributed by atoms with E-state index in [4.69, 9.17) is 4.74 Å². The third-order valence-electron chi connectivity index (χ3n) is 4.23. The third kappa shape index (κ3) is 4.73. The summed E-state index contributed by atoms with van der Waals surface area (Å²) in [5.41, 5.74) is 2.72. The van der Waals surface area contributed by atoms with Crippen LogP contribution in [0.2, 0.25) is 0 Å². The Bertz CT molecular complexity index is 480. The lowest BCUT2D eigenvalue weighted by molar-refractivity contribution is 0.0950. The molecule has 0 aromatic heterocycles. The molecule has 1 aromatic carbocycles. The second-order valence-electron chi connectivity index (χ2n) is 6.24. The molecule has 122 valence electrons. The van der Waals surface area contributed by atoms with Crippen LogP contribution in [-0.2, 0) is 11.3 Å². The van der Waals surface area contributed by atoms with Crippen molar-refractivity contribution in [2.45, 2.75) is 52.1 Å². The normalized spacial score (nSPS) is 16.1. The Kier molecular flexibility index (Phi) is 6.25. The van der Waals surface area contributed by atoms with Crippen molar-refractivity contribution in [3.8, 4) is 0 Å². The summed E-state index contributed by atoms with van der Waals surface area (Å²) in [5, 5.41) is 3.62. The molecular weight excluding hydrogens is 276 g/mol. The molecule has 1 fully saturated rings. The summed E-state index contributed by atoms with van der Waals surface area (Å²) in [4.78, 5) is 13.5. The van der Waals surface area contributed by atoms with Gasteiger partial charge in [0, 0.05) is 25.7 Å². The summed E-state index contributed by atoms with van der Waals surface area (Å²) in [5.74, 6) is 0.563. The summed E-state index contributed by atoms with van der Waals surface area (Å²) in [7, 11) is 0. The molecule has 0 spiro atoms. The number of piperidine rings is 1. The van der Waals surface area contributed by atoms with E-state index in [0.29, 0.717) is 18.6 Å². The minimum Gasteiger partial charge on any atom is -0.450 e. The Morgan fingerprint density at radius 1 is 1.36 bits per heavy atom. The molecule has 0 saturated carbocycles. The fourth-order valence-corrected chi connectivity index (χ4v) is 2.81. The van der Waals surface area contributed by atoms with Gasteiger partial charge in [0.25, 0.3) is 0 Å². The molecule has 1 aromatic rings. The van der Waals surface area contributed by atoms with Crippen LogP contribution in [0.3, 0.4) is 0 Å². The zero-order valence-electron chi connectivity index (χ0n) is 14.0.